The number of amides is 2. The molecule has 1 fully saturated rings. The van der Waals surface area contributed by atoms with E-state index in [2.05, 4.69) is 15.6 Å². The summed E-state index contributed by atoms with van der Waals surface area (Å²) in [6.07, 6.45) is -1.58. The van der Waals surface area contributed by atoms with E-state index in [-0.39, 0.29) is 6.54 Å². The van der Waals surface area contributed by atoms with E-state index in [1.807, 2.05) is 7.05 Å². The fourth-order valence-electron chi connectivity index (χ4n) is 1.38. The van der Waals surface area contributed by atoms with Gasteiger partial charge in [0.1, 0.15) is 0 Å². The second-order valence-corrected chi connectivity index (χ2v) is 3.97. The summed E-state index contributed by atoms with van der Waals surface area (Å²) in [7, 11) is 2.00. The predicted octanol–water partition coefficient (Wildman–Crippen LogP) is -2.11. The Balaban J connectivity index is 2.19. The lowest BCUT2D eigenvalue weighted by Gasteiger charge is -2.32. The van der Waals surface area contributed by atoms with E-state index in [1.165, 1.54) is 0 Å². The van der Waals surface area contributed by atoms with Crippen LogP contribution in [0.1, 0.15) is 0 Å². The van der Waals surface area contributed by atoms with E-state index in [0.29, 0.717) is 13.1 Å². The molecule has 1 aliphatic rings. The van der Waals surface area contributed by atoms with Crippen molar-refractivity contribution < 1.29 is 19.8 Å². The number of hydrogen-bond donors (Lipinski definition) is 4. The van der Waals surface area contributed by atoms with Gasteiger partial charge in [0.15, 0.2) is 6.10 Å². The van der Waals surface area contributed by atoms with E-state index in [4.69, 9.17) is 10.2 Å². The van der Waals surface area contributed by atoms with Crippen LogP contribution in [0.3, 0.4) is 0 Å². The fraction of sp³-hybridized carbons (Fsp3) is 0.778. The monoisotopic (exact) mass is 246 g/mol. The summed E-state index contributed by atoms with van der Waals surface area (Å²) in [4.78, 5) is 23.8. The Morgan fingerprint density at radius 1 is 1.29 bits per heavy atom. The fourth-order valence-corrected chi connectivity index (χ4v) is 1.38. The summed E-state index contributed by atoms with van der Waals surface area (Å²) >= 11 is 0. The number of carboxylic acid groups (broad SMARTS) is 1. The number of piperazine rings is 1. The van der Waals surface area contributed by atoms with Crippen molar-refractivity contribution in [1.29, 1.82) is 0 Å². The van der Waals surface area contributed by atoms with Gasteiger partial charge in [0.2, 0.25) is 0 Å². The van der Waals surface area contributed by atoms with Crippen molar-refractivity contribution >= 4 is 12.0 Å². The molecule has 1 heterocycles. The van der Waals surface area contributed by atoms with Crippen molar-refractivity contribution in [2.45, 2.75) is 6.10 Å². The minimum absolute atomic E-state index is 0.311. The topological polar surface area (TPSA) is 105 Å². The maximum atomic E-state index is 11.3. The number of aliphatic hydroxyl groups is 1. The van der Waals surface area contributed by atoms with Gasteiger partial charge < -0.3 is 20.4 Å². The molecule has 8 nitrogen and oxygen atoms in total. The van der Waals surface area contributed by atoms with Crippen LogP contribution in [0.4, 0.5) is 4.79 Å². The molecule has 0 aromatic carbocycles. The Labute approximate surface area is 99.2 Å². The smallest absolute Gasteiger partial charge is 0.334 e. The van der Waals surface area contributed by atoms with Gasteiger partial charge in [-0.1, -0.05) is 0 Å². The Morgan fingerprint density at radius 3 is 2.41 bits per heavy atom. The summed E-state index contributed by atoms with van der Waals surface area (Å²) in [5, 5.41) is 21.4. The van der Waals surface area contributed by atoms with E-state index >= 15 is 0 Å². The highest BCUT2D eigenvalue weighted by Crippen LogP contribution is 1.94. The third-order valence-corrected chi connectivity index (χ3v) is 2.50. The zero-order chi connectivity index (χ0) is 12.8. The first-order valence-electron chi connectivity index (χ1n) is 5.38. The van der Waals surface area contributed by atoms with E-state index in [0.717, 1.165) is 13.1 Å². The number of carbonyl (C=O) groups excluding carboxylic acids is 1. The molecular weight excluding hydrogens is 228 g/mol. The van der Waals surface area contributed by atoms with Crippen LogP contribution in [0.15, 0.2) is 0 Å². The maximum absolute atomic E-state index is 11.3. The molecule has 1 unspecified atom stereocenters. The summed E-state index contributed by atoms with van der Waals surface area (Å²) < 4.78 is 0. The van der Waals surface area contributed by atoms with Crippen molar-refractivity contribution in [3.8, 4) is 0 Å². The standard InChI is InChI=1S/C9H18N4O4/c1-12-2-4-13(5-3-12)11-9(17)10-6-7(14)8(15)16/h7,14H,2-6H2,1H3,(H,15,16)(H2,10,11,17). The van der Waals surface area contributed by atoms with Gasteiger partial charge in [0.05, 0.1) is 6.54 Å². The molecular formula is C9H18N4O4. The Bertz CT molecular complexity index is 278. The number of nitrogens with one attached hydrogen (secondary N) is 2. The molecule has 0 spiro atoms. The van der Waals surface area contributed by atoms with Gasteiger partial charge >= 0.3 is 12.0 Å². The average Bonchev–Trinajstić information content (AvgIpc) is 2.29. The van der Waals surface area contributed by atoms with Gasteiger partial charge in [-0.05, 0) is 7.05 Å². The van der Waals surface area contributed by atoms with Gasteiger partial charge in [-0.3, -0.25) is 5.43 Å². The highest BCUT2D eigenvalue weighted by atomic mass is 16.4. The number of rotatable bonds is 4. The number of aliphatic carboxylic acids is 1. The molecule has 1 rings (SSSR count). The Morgan fingerprint density at radius 2 is 1.88 bits per heavy atom. The number of urea groups is 1. The molecule has 1 saturated heterocycles. The van der Waals surface area contributed by atoms with E-state index in [1.54, 1.807) is 5.01 Å². The molecule has 17 heavy (non-hydrogen) atoms. The van der Waals surface area contributed by atoms with Crippen LogP contribution in [-0.2, 0) is 4.79 Å². The first-order valence-corrected chi connectivity index (χ1v) is 5.38. The lowest BCUT2D eigenvalue weighted by molar-refractivity contribution is -0.146. The lowest BCUT2D eigenvalue weighted by Crippen LogP contribution is -2.55. The number of hydrogen-bond acceptors (Lipinski definition) is 5. The van der Waals surface area contributed by atoms with Crippen molar-refractivity contribution in [3.63, 3.8) is 0 Å². The van der Waals surface area contributed by atoms with Gasteiger partial charge in [0, 0.05) is 26.2 Å². The highest BCUT2D eigenvalue weighted by molar-refractivity contribution is 5.76. The van der Waals surface area contributed by atoms with Gasteiger partial charge in [-0.25, -0.2) is 14.6 Å². The third-order valence-electron chi connectivity index (χ3n) is 2.50. The Kier molecular flexibility index (Phi) is 5.13. The predicted molar refractivity (Wildman–Crippen MR) is 59.2 cm³/mol. The number of nitrogens with zero attached hydrogens (tertiary/aromatic N) is 2. The van der Waals surface area contributed by atoms with Crippen LogP contribution < -0.4 is 10.7 Å². The summed E-state index contributed by atoms with van der Waals surface area (Å²) in [5.74, 6) is -1.36. The molecule has 8 heteroatoms. The summed E-state index contributed by atoms with van der Waals surface area (Å²) in [6.45, 7) is 2.84. The van der Waals surface area contributed by atoms with Crippen LogP contribution in [0.5, 0.6) is 0 Å². The van der Waals surface area contributed by atoms with Gasteiger partial charge in [-0.2, -0.15) is 0 Å². The van der Waals surface area contributed by atoms with Crippen LogP contribution in [0.2, 0.25) is 0 Å². The first-order chi connectivity index (χ1) is 7.99. The van der Waals surface area contributed by atoms with E-state index in [9.17, 15) is 9.59 Å². The molecule has 4 N–H and O–H groups in total. The van der Waals surface area contributed by atoms with Crippen molar-refractivity contribution in [1.82, 2.24) is 20.7 Å². The molecule has 1 atom stereocenters. The number of carboxylic acids is 1. The molecule has 2 amide bonds. The number of carbonyl (C=O) groups is 2. The normalized spacial score (nSPS) is 19.6. The van der Waals surface area contributed by atoms with Crippen molar-refractivity contribution in [3.05, 3.63) is 0 Å². The van der Waals surface area contributed by atoms with Crippen LogP contribution in [0, 0.1) is 0 Å². The van der Waals surface area contributed by atoms with Crippen LogP contribution in [-0.4, -0.2) is 78.0 Å². The molecule has 0 saturated carbocycles. The highest BCUT2D eigenvalue weighted by Gasteiger charge is 2.17. The van der Waals surface area contributed by atoms with Crippen LogP contribution >= 0.6 is 0 Å². The average molecular weight is 246 g/mol. The first kappa shape index (κ1) is 13.7. The summed E-state index contributed by atoms with van der Waals surface area (Å²) in [5.41, 5.74) is 2.59. The minimum Gasteiger partial charge on any atom is -0.479 e. The van der Waals surface area contributed by atoms with Crippen molar-refractivity contribution in [2.24, 2.45) is 0 Å². The molecule has 98 valence electrons. The number of aliphatic hydroxyl groups excluding tert-OH is 1. The number of hydrazine groups is 1. The summed E-state index contributed by atoms with van der Waals surface area (Å²) in [6, 6.07) is -0.505. The zero-order valence-electron chi connectivity index (χ0n) is 9.72. The molecule has 0 radical (unpaired) electrons. The lowest BCUT2D eigenvalue weighted by atomic mass is 10.3. The number of likely N-dealkylation sites (N-methyl/N-ethyl adjacent to an activating group) is 1. The van der Waals surface area contributed by atoms with Crippen LogP contribution in [0.25, 0.3) is 0 Å². The third kappa shape index (κ3) is 4.98. The minimum atomic E-state index is -1.58. The Hall–Kier alpha value is -1.38. The van der Waals surface area contributed by atoms with E-state index < -0.39 is 18.1 Å². The second kappa shape index (κ2) is 6.38. The largest absolute Gasteiger partial charge is 0.479 e. The molecule has 0 aromatic heterocycles. The molecule has 0 aliphatic carbocycles. The molecule has 0 bridgehead atoms. The van der Waals surface area contributed by atoms with Crippen molar-refractivity contribution in [2.75, 3.05) is 39.8 Å². The van der Waals surface area contributed by atoms with Gasteiger partial charge in [-0.15, -0.1) is 0 Å². The zero-order valence-corrected chi connectivity index (χ0v) is 9.72. The molecule has 0 aromatic rings. The SMILES string of the molecule is CN1CCN(NC(=O)NCC(O)C(=O)O)CC1. The molecule has 1 aliphatic heterocycles. The quantitative estimate of drug-likeness (QED) is 0.452. The second-order valence-electron chi connectivity index (χ2n) is 3.97. The van der Waals surface area contributed by atoms with Gasteiger partial charge in [0.25, 0.3) is 0 Å². The maximum Gasteiger partial charge on any atom is 0.334 e.